The van der Waals surface area contributed by atoms with E-state index in [1.54, 1.807) is 0 Å². The summed E-state index contributed by atoms with van der Waals surface area (Å²) in [7, 11) is 2.06. The van der Waals surface area contributed by atoms with Crippen LogP contribution in [0.1, 0.15) is 36.1 Å². The normalized spacial score (nSPS) is 11.7. The van der Waals surface area contributed by atoms with Gasteiger partial charge in [0.1, 0.15) is 0 Å². The summed E-state index contributed by atoms with van der Waals surface area (Å²) in [5.41, 5.74) is 10.3. The Bertz CT molecular complexity index is 643. The van der Waals surface area contributed by atoms with Crippen LogP contribution in [0, 0.1) is 11.3 Å². The van der Waals surface area contributed by atoms with Gasteiger partial charge < -0.3 is 10.6 Å². The van der Waals surface area contributed by atoms with Gasteiger partial charge in [-0.15, -0.1) is 0 Å². The Morgan fingerprint density at radius 3 is 2.67 bits per heavy atom. The number of benzene rings is 2. The third kappa shape index (κ3) is 3.62. The highest BCUT2D eigenvalue weighted by atomic mass is 15.1. The molecule has 0 radical (unpaired) electrons. The molecule has 2 aromatic rings. The summed E-state index contributed by atoms with van der Waals surface area (Å²) in [5.74, 6) is 0. The Hall–Kier alpha value is -2.31. The molecule has 0 aliphatic carbocycles. The topological polar surface area (TPSA) is 53.0 Å². The first-order valence-corrected chi connectivity index (χ1v) is 7.20. The fourth-order valence-electron chi connectivity index (χ4n) is 2.47. The van der Waals surface area contributed by atoms with Crippen molar-refractivity contribution in [2.75, 3.05) is 11.9 Å². The first kappa shape index (κ1) is 15.1. The maximum atomic E-state index is 8.98. The van der Waals surface area contributed by atoms with Gasteiger partial charge in [-0.25, -0.2) is 0 Å². The van der Waals surface area contributed by atoms with Crippen LogP contribution in [0.15, 0.2) is 48.5 Å². The molecule has 21 heavy (non-hydrogen) atoms. The van der Waals surface area contributed by atoms with Crippen molar-refractivity contribution in [2.45, 2.75) is 25.9 Å². The fourth-order valence-corrected chi connectivity index (χ4v) is 2.47. The van der Waals surface area contributed by atoms with Crippen LogP contribution < -0.4 is 10.6 Å². The smallest absolute Gasteiger partial charge is 0.0991 e. The highest BCUT2D eigenvalue weighted by molar-refractivity contribution is 5.55. The number of nitrogens with two attached hydrogens (primary N) is 1. The van der Waals surface area contributed by atoms with Gasteiger partial charge in [-0.2, -0.15) is 5.26 Å². The fraction of sp³-hybridized carbons (Fsp3) is 0.278. The summed E-state index contributed by atoms with van der Waals surface area (Å²) in [6, 6.07) is 18.2. The lowest BCUT2D eigenvalue weighted by atomic mass is 10.0. The van der Waals surface area contributed by atoms with Crippen LogP contribution in [-0.2, 0) is 6.54 Å². The van der Waals surface area contributed by atoms with Gasteiger partial charge in [0.25, 0.3) is 0 Å². The first-order chi connectivity index (χ1) is 10.2. The van der Waals surface area contributed by atoms with E-state index in [2.05, 4.69) is 37.1 Å². The lowest BCUT2D eigenvalue weighted by Gasteiger charge is -2.25. The van der Waals surface area contributed by atoms with E-state index in [4.69, 9.17) is 11.0 Å². The minimum absolute atomic E-state index is 0.0501. The maximum Gasteiger partial charge on any atom is 0.0991 e. The predicted molar refractivity (Wildman–Crippen MR) is 86.9 cm³/mol. The highest BCUT2D eigenvalue weighted by Crippen LogP contribution is 2.27. The molecule has 3 heteroatoms. The van der Waals surface area contributed by atoms with Gasteiger partial charge >= 0.3 is 0 Å². The number of hydrogen-bond acceptors (Lipinski definition) is 3. The second-order valence-electron chi connectivity index (χ2n) is 5.24. The van der Waals surface area contributed by atoms with Gasteiger partial charge in [0.2, 0.25) is 0 Å². The third-order valence-corrected chi connectivity index (χ3v) is 3.66. The average molecular weight is 279 g/mol. The molecule has 2 N–H and O–H groups in total. The van der Waals surface area contributed by atoms with E-state index in [9.17, 15) is 0 Å². The van der Waals surface area contributed by atoms with Gasteiger partial charge in [0, 0.05) is 25.3 Å². The number of rotatable bonds is 5. The van der Waals surface area contributed by atoms with E-state index >= 15 is 0 Å². The van der Waals surface area contributed by atoms with Crippen molar-refractivity contribution in [3.63, 3.8) is 0 Å². The molecule has 0 spiro atoms. The molecule has 3 nitrogen and oxygen atoms in total. The molecule has 0 aliphatic heterocycles. The minimum Gasteiger partial charge on any atom is -0.370 e. The van der Waals surface area contributed by atoms with E-state index in [1.165, 1.54) is 5.56 Å². The Labute approximate surface area is 126 Å². The van der Waals surface area contributed by atoms with Crippen LogP contribution >= 0.6 is 0 Å². The molecule has 0 heterocycles. The van der Waals surface area contributed by atoms with E-state index in [1.807, 2.05) is 36.4 Å². The molecule has 1 atom stereocenters. The van der Waals surface area contributed by atoms with Crippen LogP contribution in [0.3, 0.4) is 0 Å². The van der Waals surface area contributed by atoms with E-state index in [0.717, 1.165) is 24.2 Å². The quantitative estimate of drug-likeness (QED) is 0.909. The Morgan fingerprint density at radius 1 is 1.19 bits per heavy atom. The zero-order valence-electron chi connectivity index (χ0n) is 12.6. The number of hydrogen-bond donors (Lipinski definition) is 1. The van der Waals surface area contributed by atoms with Crippen LogP contribution in [0.4, 0.5) is 5.69 Å². The van der Waals surface area contributed by atoms with Crippen molar-refractivity contribution < 1.29 is 0 Å². The second-order valence-corrected chi connectivity index (χ2v) is 5.24. The predicted octanol–water partition coefficient (Wildman–Crippen LogP) is 3.60. The van der Waals surface area contributed by atoms with Crippen LogP contribution in [-0.4, -0.2) is 7.05 Å². The molecule has 0 saturated heterocycles. The summed E-state index contributed by atoms with van der Waals surface area (Å²) in [6.07, 6.45) is 0.911. The largest absolute Gasteiger partial charge is 0.370 e. The second kappa shape index (κ2) is 6.92. The number of nitrogens with zero attached hydrogens (tertiary/aromatic N) is 2. The number of para-hydroxylation sites is 1. The molecule has 2 aromatic carbocycles. The molecule has 0 aromatic heterocycles. The summed E-state index contributed by atoms with van der Waals surface area (Å²) in [6.45, 7) is 2.85. The monoisotopic (exact) mass is 279 g/mol. The molecule has 0 bridgehead atoms. The molecule has 0 aliphatic rings. The average Bonchev–Trinajstić information content (AvgIpc) is 2.54. The highest BCUT2D eigenvalue weighted by Gasteiger charge is 2.12. The Balaban J connectivity index is 2.24. The molecule has 0 fully saturated rings. The van der Waals surface area contributed by atoms with Crippen LogP contribution in [0.25, 0.3) is 0 Å². The van der Waals surface area contributed by atoms with E-state index in [-0.39, 0.29) is 6.04 Å². The van der Waals surface area contributed by atoms with Gasteiger partial charge in [0.05, 0.1) is 11.6 Å². The molecule has 2 rings (SSSR count). The number of anilines is 1. The SMILES string of the molecule is CC[C@H](N)c1ccccc1N(C)Cc1cccc(C#N)c1. The first-order valence-electron chi connectivity index (χ1n) is 7.20. The van der Waals surface area contributed by atoms with Crippen molar-refractivity contribution in [2.24, 2.45) is 5.73 Å². The van der Waals surface area contributed by atoms with Crippen molar-refractivity contribution in [3.8, 4) is 6.07 Å². The van der Waals surface area contributed by atoms with Crippen molar-refractivity contribution in [1.29, 1.82) is 5.26 Å². The lowest BCUT2D eigenvalue weighted by molar-refractivity contribution is 0.694. The van der Waals surface area contributed by atoms with Gasteiger partial charge in [0.15, 0.2) is 0 Å². The summed E-state index contributed by atoms with van der Waals surface area (Å²) < 4.78 is 0. The number of nitriles is 1. The lowest BCUT2D eigenvalue weighted by Crippen LogP contribution is -2.20. The summed E-state index contributed by atoms with van der Waals surface area (Å²) in [5, 5.41) is 8.98. The Morgan fingerprint density at radius 2 is 1.95 bits per heavy atom. The Kier molecular flexibility index (Phi) is 4.97. The summed E-state index contributed by atoms with van der Waals surface area (Å²) in [4.78, 5) is 2.18. The van der Waals surface area contributed by atoms with Crippen LogP contribution in [0.5, 0.6) is 0 Å². The zero-order chi connectivity index (χ0) is 15.2. The van der Waals surface area contributed by atoms with Crippen LogP contribution in [0.2, 0.25) is 0 Å². The molecular formula is C18H21N3. The van der Waals surface area contributed by atoms with E-state index < -0.39 is 0 Å². The zero-order valence-corrected chi connectivity index (χ0v) is 12.6. The minimum atomic E-state index is 0.0501. The maximum absolute atomic E-state index is 8.98. The molecular weight excluding hydrogens is 258 g/mol. The standard InChI is InChI=1S/C18H21N3/c1-3-17(20)16-9-4-5-10-18(16)21(2)13-15-8-6-7-14(11-15)12-19/h4-11,17H,3,13,20H2,1-2H3/t17-/m0/s1. The third-order valence-electron chi connectivity index (χ3n) is 3.66. The van der Waals surface area contributed by atoms with Crippen molar-refractivity contribution in [3.05, 3.63) is 65.2 Å². The van der Waals surface area contributed by atoms with Gasteiger partial charge in [-0.3, -0.25) is 0 Å². The molecule has 108 valence electrons. The summed E-state index contributed by atoms with van der Waals surface area (Å²) >= 11 is 0. The molecule has 0 amide bonds. The van der Waals surface area contributed by atoms with Crippen molar-refractivity contribution in [1.82, 2.24) is 0 Å². The van der Waals surface area contributed by atoms with Gasteiger partial charge in [-0.1, -0.05) is 37.3 Å². The van der Waals surface area contributed by atoms with Crippen molar-refractivity contribution >= 4 is 5.69 Å². The molecule has 0 saturated carbocycles. The van der Waals surface area contributed by atoms with Gasteiger partial charge in [-0.05, 0) is 35.7 Å². The van der Waals surface area contributed by atoms with E-state index in [0.29, 0.717) is 5.56 Å². The molecule has 0 unspecified atom stereocenters.